The van der Waals surface area contributed by atoms with Gasteiger partial charge in [-0.25, -0.2) is 0 Å². The van der Waals surface area contributed by atoms with Gasteiger partial charge in [-0.2, -0.15) is 0 Å². The van der Waals surface area contributed by atoms with Crippen LogP contribution in [0.25, 0.3) is 0 Å². The number of esters is 1. The normalized spacial score (nSPS) is 50.8. The fraction of sp³-hybridized carbons (Fsp3) is 0.893. The number of aliphatic hydroxyl groups excluding tert-OH is 1. The van der Waals surface area contributed by atoms with Crippen molar-refractivity contribution in [3.05, 3.63) is 0 Å². The number of rotatable bonds is 3. The highest BCUT2D eigenvalue weighted by Gasteiger charge is 2.70. The number of Topliss-reactive ketones (excluding diaryl/α,β-unsaturated/α-hetero) is 1. The lowest BCUT2D eigenvalue weighted by molar-refractivity contribution is -0.258. The van der Waals surface area contributed by atoms with Gasteiger partial charge in [0, 0.05) is 18.3 Å². The minimum atomic E-state index is -0.701. The average Bonchev–Trinajstić information content (AvgIpc) is 2.69. The highest BCUT2D eigenvalue weighted by atomic mass is 16.5. The van der Waals surface area contributed by atoms with E-state index in [1.54, 1.807) is 0 Å². The van der Waals surface area contributed by atoms with Crippen LogP contribution in [0.15, 0.2) is 0 Å². The number of aliphatic hydroxyl groups is 1. The Labute approximate surface area is 199 Å². The van der Waals surface area contributed by atoms with Crippen LogP contribution in [0.2, 0.25) is 0 Å². The van der Waals surface area contributed by atoms with E-state index in [1.807, 2.05) is 6.92 Å². The first-order valence-corrected chi connectivity index (χ1v) is 13.0. The van der Waals surface area contributed by atoms with Crippen molar-refractivity contribution in [3.63, 3.8) is 0 Å². The summed E-state index contributed by atoms with van der Waals surface area (Å²) < 4.78 is 5.72. The van der Waals surface area contributed by atoms with E-state index >= 15 is 0 Å². The van der Waals surface area contributed by atoms with Crippen LogP contribution in [0.1, 0.15) is 93.4 Å². The first-order chi connectivity index (χ1) is 15.2. The predicted molar refractivity (Wildman–Crippen MR) is 126 cm³/mol. The first-order valence-electron chi connectivity index (χ1n) is 13.0. The number of fused-ring (bicyclic) bond motifs is 5. The van der Waals surface area contributed by atoms with Gasteiger partial charge in [0.05, 0.1) is 12.0 Å². The van der Waals surface area contributed by atoms with E-state index in [0.717, 1.165) is 19.1 Å². The van der Waals surface area contributed by atoms with Gasteiger partial charge in [-0.3, -0.25) is 9.59 Å². The van der Waals surface area contributed by atoms with E-state index in [-0.39, 0.29) is 27.9 Å². The molecule has 0 aromatic heterocycles. The van der Waals surface area contributed by atoms with E-state index in [9.17, 15) is 19.5 Å². The van der Waals surface area contributed by atoms with Gasteiger partial charge in [0.15, 0.2) is 0 Å². The van der Waals surface area contributed by atoms with Crippen LogP contribution in [0, 0.1) is 51.2 Å². The van der Waals surface area contributed by atoms with Crippen molar-refractivity contribution < 1.29 is 24.2 Å². The van der Waals surface area contributed by atoms with Crippen LogP contribution in [0.5, 0.6) is 0 Å². The third kappa shape index (κ3) is 3.38. The smallest absolute Gasteiger partial charge is 0.302 e. The maximum absolute atomic E-state index is 12.7. The number of carbonyl (C=O) groups excluding carboxylic acids is 3. The second kappa shape index (κ2) is 7.90. The molecule has 0 bridgehead atoms. The van der Waals surface area contributed by atoms with Gasteiger partial charge in [0.1, 0.15) is 18.2 Å². The molecular weight excluding hydrogens is 416 g/mol. The van der Waals surface area contributed by atoms with Crippen molar-refractivity contribution in [3.8, 4) is 0 Å². The maximum atomic E-state index is 12.7. The van der Waals surface area contributed by atoms with Gasteiger partial charge < -0.3 is 14.6 Å². The SMILES string of the molecule is CC(=O)OC1CC2C3(C)CCC4C(C)(C)CCCC4(C)C3CC(O)C2(C)C(C=O)C1C(C)=O. The number of ether oxygens (including phenoxy) is 1. The average molecular weight is 461 g/mol. The maximum Gasteiger partial charge on any atom is 0.302 e. The second-order valence-electron chi connectivity index (χ2n) is 13.3. The molecule has 1 N–H and O–H groups in total. The van der Waals surface area contributed by atoms with Gasteiger partial charge in [-0.1, -0.05) is 41.0 Å². The van der Waals surface area contributed by atoms with Crippen LogP contribution in [-0.4, -0.2) is 35.4 Å². The largest absolute Gasteiger partial charge is 0.462 e. The molecule has 0 aromatic carbocycles. The van der Waals surface area contributed by atoms with E-state index in [1.165, 1.54) is 33.1 Å². The summed E-state index contributed by atoms with van der Waals surface area (Å²) in [6, 6.07) is 0. The van der Waals surface area contributed by atoms with Crippen molar-refractivity contribution in [2.45, 2.75) is 106 Å². The van der Waals surface area contributed by atoms with Gasteiger partial charge in [0.25, 0.3) is 0 Å². The molecule has 0 aromatic rings. The summed E-state index contributed by atoms with van der Waals surface area (Å²) in [5, 5.41) is 11.7. The molecule has 33 heavy (non-hydrogen) atoms. The van der Waals surface area contributed by atoms with E-state index in [2.05, 4.69) is 27.7 Å². The van der Waals surface area contributed by atoms with Crippen molar-refractivity contribution in [1.82, 2.24) is 0 Å². The lowest BCUT2D eigenvalue weighted by atomic mass is 9.34. The Morgan fingerprint density at radius 3 is 2.12 bits per heavy atom. The standard InChI is InChI=1S/C28H44O5/c1-16(30)24-18(15-29)28(7)22(13-19(24)33-17(2)31)27(6)12-9-20-25(3,4)10-8-11-26(20,5)21(27)14-23(28)32/h15,18-24,32H,8-14H2,1-7H3. The molecule has 5 heteroatoms. The molecule has 4 aliphatic rings. The fourth-order valence-electron chi connectivity index (χ4n) is 10.1. The van der Waals surface area contributed by atoms with Crippen molar-refractivity contribution in [2.24, 2.45) is 51.2 Å². The molecule has 10 atom stereocenters. The molecular formula is C28H44O5. The molecule has 4 fully saturated rings. The molecule has 10 unspecified atom stereocenters. The summed E-state index contributed by atoms with van der Waals surface area (Å²) in [7, 11) is 0. The van der Waals surface area contributed by atoms with Crippen LogP contribution in [-0.2, 0) is 19.1 Å². The van der Waals surface area contributed by atoms with Gasteiger partial charge in [0.2, 0.25) is 0 Å². The Bertz CT molecular complexity index is 834. The molecule has 186 valence electrons. The summed E-state index contributed by atoms with van der Waals surface area (Å²) >= 11 is 0. The van der Waals surface area contributed by atoms with Crippen LogP contribution in [0.3, 0.4) is 0 Å². The molecule has 4 saturated carbocycles. The minimum absolute atomic E-state index is 0.0108. The molecule has 0 saturated heterocycles. The Kier molecular flexibility index (Phi) is 5.95. The molecule has 0 radical (unpaired) electrons. The molecule has 4 aliphatic carbocycles. The zero-order chi connectivity index (χ0) is 24.6. The van der Waals surface area contributed by atoms with E-state index < -0.39 is 35.4 Å². The van der Waals surface area contributed by atoms with E-state index in [4.69, 9.17) is 4.74 Å². The number of hydrogen-bond donors (Lipinski definition) is 1. The zero-order valence-electron chi connectivity index (χ0n) is 21.6. The Morgan fingerprint density at radius 1 is 0.909 bits per heavy atom. The molecule has 0 aliphatic heterocycles. The highest BCUT2D eigenvalue weighted by molar-refractivity contribution is 5.83. The Morgan fingerprint density at radius 2 is 1.55 bits per heavy atom. The summed E-state index contributed by atoms with van der Waals surface area (Å²) in [5.74, 6) is -0.924. The molecule has 5 nitrogen and oxygen atoms in total. The first kappa shape index (κ1) is 24.9. The monoisotopic (exact) mass is 460 g/mol. The number of ketones is 1. The third-order valence-corrected chi connectivity index (χ3v) is 11.5. The molecule has 0 amide bonds. The molecule has 0 spiro atoms. The van der Waals surface area contributed by atoms with Crippen molar-refractivity contribution in [2.75, 3.05) is 0 Å². The summed E-state index contributed by atoms with van der Waals surface area (Å²) in [6.07, 6.45) is 6.68. The molecule has 0 heterocycles. The summed E-state index contributed by atoms with van der Waals surface area (Å²) in [6.45, 7) is 14.5. The second-order valence-corrected chi connectivity index (χ2v) is 13.3. The lowest BCUT2D eigenvalue weighted by Gasteiger charge is -2.71. The topological polar surface area (TPSA) is 80.7 Å². The van der Waals surface area contributed by atoms with Crippen LogP contribution < -0.4 is 0 Å². The quantitative estimate of drug-likeness (QED) is 0.475. The highest BCUT2D eigenvalue weighted by Crippen LogP contribution is 2.73. The Hall–Kier alpha value is -1.23. The lowest BCUT2D eigenvalue weighted by Crippen LogP contribution is -2.69. The van der Waals surface area contributed by atoms with Crippen LogP contribution in [0.4, 0.5) is 0 Å². The minimum Gasteiger partial charge on any atom is -0.462 e. The molecule has 4 rings (SSSR count). The van der Waals surface area contributed by atoms with Crippen LogP contribution >= 0.6 is 0 Å². The van der Waals surface area contributed by atoms with E-state index in [0.29, 0.717) is 24.7 Å². The van der Waals surface area contributed by atoms with Crippen molar-refractivity contribution in [1.29, 1.82) is 0 Å². The Balaban J connectivity index is 1.82. The van der Waals surface area contributed by atoms with Gasteiger partial charge in [-0.15, -0.1) is 0 Å². The number of carbonyl (C=O) groups is 3. The zero-order valence-corrected chi connectivity index (χ0v) is 21.6. The summed E-state index contributed by atoms with van der Waals surface area (Å²) in [5.41, 5.74) is -0.346. The fourth-order valence-corrected chi connectivity index (χ4v) is 10.1. The predicted octanol–water partition coefficient (Wildman–Crippen LogP) is 4.98. The third-order valence-electron chi connectivity index (χ3n) is 11.5. The number of aldehydes is 1. The van der Waals surface area contributed by atoms with Gasteiger partial charge >= 0.3 is 5.97 Å². The van der Waals surface area contributed by atoms with Gasteiger partial charge in [-0.05, 0) is 79.4 Å². The van der Waals surface area contributed by atoms with Crippen molar-refractivity contribution >= 4 is 18.0 Å². The number of hydrogen-bond acceptors (Lipinski definition) is 5. The summed E-state index contributed by atoms with van der Waals surface area (Å²) in [4.78, 5) is 37.3.